The first-order valence-corrected chi connectivity index (χ1v) is 8.56. The molecule has 0 aromatic rings. The fourth-order valence-corrected chi connectivity index (χ4v) is 4.35. The van der Waals surface area contributed by atoms with Gasteiger partial charge in [-0.2, -0.15) is 0 Å². The van der Waals surface area contributed by atoms with Crippen LogP contribution < -0.4 is 5.32 Å². The highest BCUT2D eigenvalue weighted by molar-refractivity contribution is 8.14. The first kappa shape index (κ1) is 14.2. The van der Waals surface area contributed by atoms with E-state index in [9.17, 15) is 0 Å². The van der Waals surface area contributed by atoms with Crippen molar-refractivity contribution < 1.29 is 0 Å². The van der Waals surface area contributed by atoms with Gasteiger partial charge in [0.1, 0.15) is 0 Å². The molecule has 0 aromatic carbocycles. The van der Waals surface area contributed by atoms with Gasteiger partial charge in [-0.15, -0.1) is 0 Å². The normalized spacial score (nSPS) is 25.3. The van der Waals surface area contributed by atoms with Crippen LogP contribution in [-0.2, 0) is 0 Å². The van der Waals surface area contributed by atoms with Crippen LogP contribution >= 0.6 is 11.8 Å². The van der Waals surface area contributed by atoms with E-state index in [-0.39, 0.29) is 0 Å². The molecule has 0 spiro atoms. The molecule has 1 saturated carbocycles. The first-order chi connectivity index (χ1) is 8.73. The zero-order valence-electron chi connectivity index (χ0n) is 12.2. The average molecular weight is 268 g/mol. The summed E-state index contributed by atoms with van der Waals surface area (Å²) in [5.41, 5.74) is 0.630. The quantitative estimate of drug-likeness (QED) is 0.753. The van der Waals surface area contributed by atoms with Gasteiger partial charge < -0.3 is 5.32 Å². The Morgan fingerprint density at radius 1 is 1.33 bits per heavy atom. The fourth-order valence-electron chi connectivity index (χ4n) is 3.03. The van der Waals surface area contributed by atoms with Crippen LogP contribution in [0.3, 0.4) is 0 Å². The monoisotopic (exact) mass is 268 g/mol. The van der Waals surface area contributed by atoms with E-state index in [1.54, 1.807) is 0 Å². The standard InChI is InChI=1S/C15H28N2S/c1-4-7-15(8-9-15)11-17-14-16-10-13(18-14)12(5-2)6-3/h12-13H,4-11H2,1-3H3,(H,16,17). The molecule has 2 rings (SSSR count). The van der Waals surface area contributed by atoms with Crippen LogP contribution in [0.2, 0.25) is 0 Å². The predicted octanol–water partition coefficient (Wildman–Crippen LogP) is 4.06. The molecule has 0 aromatic heterocycles. The molecular formula is C15H28N2S. The Morgan fingerprint density at radius 3 is 2.61 bits per heavy atom. The van der Waals surface area contributed by atoms with Gasteiger partial charge in [-0.05, 0) is 30.6 Å². The van der Waals surface area contributed by atoms with E-state index in [1.807, 2.05) is 11.8 Å². The summed E-state index contributed by atoms with van der Waals surface area (Å²) in [7, 11) is 0. The molecule has 1 unspecified atom stereocenters. The van der Waals surface area contributed by atoms with Gasteiger partial charge in [0.2, 0.25) is 0 Å². The molecule has 18 heavy (non-hydrogen) atoms. The zero-order chi connectivity index (χ0) is 13.0. The minimum atomic E-state index is 0.630. The molecule has 1 N–H and O–H groups in total. The van der Waals surface area contributed by atoms with Crippen molar-refractivity contribution in [2.45, 2.75) is 64.5 Å². The van der Waals surface area contributed by atoms with Crippen LogP contribution in [0.25, 0.3) is 0 Å². The van der Waals surface area contributed by atoms with Gasteiger partial charge in [0, 0.05) is 11.8 Å². The van der Waals surface area contributed by atoms with Gasteiger partial charge >= 0.3 is 0 Å². The number of nitrogens with zero attached hydrogens (tertiary/aromatic N) is 1. The summed E-state index contributed by atoms with van der Waals surface area (Å²) in [4.78, 5) is 4.69. The lowest BCUT2D eigenvalue weighted by atomic mass is 9.99. The van der Waals surface area contributed by atoms with E-state index in [4.69, 9.17) is 4.99 Å². The molecule has 1 heterocycles. The largest absolute Gasteiger partial charge is 0.364 e. The Bertz CT molecular complexity index is 293. The van der Waals surface area contributed by atoms with Crippen molar-refractivity contribution in [2.75, 3.05) is 13.1 Å². The van der Waals surface area contributed by atoms with Gasteiger partial charge in [0.05, 0.1) is 6.54 Å². The Hall–Kier alpha value is -0.180. The van der Waals surface area contributed by atoms with Crippen molar-refractivity contribution in [3.05, 3.63) is 0 Å². The molecule has 2 nitrogen and oxygen atoms in total. The number of hydrogen-bond acceptors (Lipinski definition) is 3. The van der Waals surface area contributed by atoms with E-state index < -0.39 is 0 Å². The lowest BCUT2D eigenvalue weighted by Crippen LogP contribution is -2.28. The third kappa shape index (κ3) is 3.43. The second-order valence-electron chi connectivity index (χ2n) is 5.98. The highest BCUT2D eigenvalue weighted by Crippen LogP contribution is 2.49. The number of nitrogens with one attached hydrogen (secondary N) is 1. The second-order valence-corrected chi connectivity index (χ2v) is 7.21. The third-order valence-corrected chi connectivity index (χ3v) is 5.94. The number of thioether (sulfide) groups is 1. The molecular weight excluding hydrogens is 240 g/mol. The molecule has 1 fully saturated rings. The second kappa shape index (κ2) is 6.31. The van der Waals surface area contributed by atoms with Crippen LogP contribution in [0.1, 0.15) is 59.3 Å². The van der Waals surface area contributed by atoms with E-state index in [1.165, 1.54) is 43.7 Å². The topological polar surface area (TPSA) is 24.4 Å². The van der Waals surface area contributed by atoms with Crippen molar-refractivity contribution in [1.82, 2.24) is 5.32 Å². The summed E-state index contributed by atoms with van der Waals surface area (Å²) >= 11 is 1.99. The molecule has 0 amide bonds. The Labute approximate surface area is 116 Å². The van der Waals surface area contributed by atoms with Crippen LogP contribution in [-0.4, -0.2) is 23.5 Å². The van der Waals surface area contributed by atoms with Gasteiger partial charge in [-0.3, -0.25) is 4.99 Å². The smallest absolute Gasteiger partial charge is 0.156 e. The Kier molecular flexibility index (Phi) is 4.99. The van der Waals surface area contributed by atoms with Crippen molar-refractivity contribution in [1.29, 1.82) is 0 Å². The molecule has 0 saturated heterocycles. The zero-order valence-corrected chi connectivity index (χ0v) is 13.0. The molecule has 1 aliphatic heterocycles. The summed E-state index contributed by atoms with van der Waals surface area (Å²) in [5, 5.41) is 5.56. The van der Waals surface area contributed by atoms with E-state index in [0.29, 0.717) is 5.41 Å². The van der Waals surface area contributed by atoms with E-state index in [2.05, 4.69) is 26.1 Å². The number of aliphatic imine (C=N–C) groups is 1. The maximum absolute atomic E-state index is 4.69. The highest BCUT2D eigenvalue weighted by atomic mass is 32.2. The predicted molar refractivity (Wildman–Crippen MR) is 82.3 cm³/mol. The molecule has 0 bridgehead atoms. The Morgan fingerprint density at radius 2 is 2.06 bits per heavy atom. The van der Waals surface area contributed by atoms with Gasteiger partial charge in [0.25, 0.3) is 0 Å². The Balaban J connectivity index is 1.73. The molecule has 104 valence electrons. The van der Waals surface area contributed by atoms with E-state index in [0.717, 1.165) is 24.3 Å². The minimum absolute atomic E-state index is 0.630. The van der Waals surface area contributed by atoms with Crippen molar-refractivity contribution >= 4 is 16.9 Å². The fraction of sp³-hybridized carbons (Fsp3) is 0.933. The molecule has 3 heteroatoms. The van der Waals surface area contributed by atoms with Crippen LogP contribution in [0.15, 0.2) is 4.99 Å². The summed E-state index contributed by atoms with van der Waals surface area (Å²) < 4.78 is 0. The first-order valence-electron chi connectivity index (χ1n) is 7.68. The van der Waals surface area contributed by atoms with Crippen molar-refractivity contribution in [3.8, 4) is 0 Å². The van der Waals surface area contributed by atoms with Crippen molar-refractivity contribution in [3.63, 3.8) is 0 Å². The number of hydrogen-bond donors (Lipinski definition) is 1. The summed E-state index contributed by atoms with van der Waals surface area (Å²) in [6.07, 6.45) is 8.11. The van der Waals surface area contributed by atoms with Crippen LogP contribution in [0.5, 0.6) is 0 Å². The van der Waals surface area contributed by atoms with Crippen LogP contribution in [0, 0.1) is 11.3 Å². The number of rotatable bonds is 7. The van der Waals surface area contributed by atoms with Gasteiger partial charge in [-0.25, -0.2) is 0 Å². The summed E-state index contributed by atoms with van der Waals surface area (Å²) in [5.74, 6) is 0.837. The lowest BCUT2D eigenvalue weighted by molar-refractivity contribution is 0.453. The van der Waals surface area contributed by atoms with Crippen molar-refractivity contribution in [2.24, 2.45) is 16.3 Å². The molecule has 1 aliphatic carbocycles. The van der Waals surface area contributed by atoms with Gasteiger partial charge in [-0.1, -0.05) is 51.8 Å². The van der Waals surface area contributed by atoms with E-state index >= 15 is 0 Å². The van der Waals surface area contributed by atoms with Gasteiger partial charge in [0.15, 0.2) is 5.17 Å². The number of amidine groups is 1. The van der Waals surface area contributed by atoms with Crippen LogP contribution in [0.4, 0.5) is 0 Å². The molecule has 0 radical (unpaired) electrons. The summed E-state index contributed by atoms with van der Waals surface area (Å²) in [6, 6.07) is 0. The SMILES string of the molecule is CCCC1(CNC2=NCC(C(CC)CC)S2)CC1. The third-order valence-electron chi connectivity index (χ3n) is 4.60. The maximum atomic E-state index is 4.69. The lowest BCUT2D eigenvalue weighted by Gasteiger charge is -2.19. The maximum Gasteiger partial charge on any atom is 0.156 e. The average Bonchev–Trinajstić information content (AvgIpc) is 2.98. The summed E-state index contributed by atoms with van der Waals surface area (Å²) in [6.45, 7) is 9.09. The highest BCUT2D eigenvalue weighted by Gasteiger charge is 2.41. The minimum Gasteiger partial charge on any atom is -0.364 e. The molecule has 2 aliphatic rings. The molecule has 1 atom stereocenters.